The third-order valence-electron chi connectivity index (χ3n) is 2.79. The number of rotatable bonds is 12. The number of benzene rings is 1. The van der Waals surface area contributed by atoms with E-state index >= 15 is 0 Å². The molecule has 0 bridgehead atoms. The van der Waals surface area contributed by atoms with Crippen LogP contribution in [0.2, 0.25) is 0 Å². The molecule has 5 nitrogen and oxygen atoms in total. The maximum absolute atomic E-state index is 13.6. The van der Waals surface area contributed by atoms with E-state index in [2.05, 4.69) is 5.32 Å². The van der Waals surface area contributed by atoms with Crippen molar-refractivity contribution in [3.05, 3.63) is 24.0 Å². The quantitative estimate of drug-likeness (QED) is 0.601. The van der Waals surface area contributed by atoms with Gasteiger partial charge in [-0.15, -0.1) is 0 Å². The molecule has 0 aliphatic carbocycles. The van der Waals surface area contributed by atoms with Crippen molar-refractivity contribution in [2.45, 2.75) is 19.8 Å². The molecular formula is C16H24FNO4. The number of hydrogen-bond acceptors (Lipinski definition) is 5. The van der Waals surface area contributed by atoms with E-state index in [-0.39, 0.29) is 24.0 Å². The lowest BCUT2D eigenvalue weighted by Gasteiger charge is -2.09. The molecule has 0 amide bonds. The molecule has 0 heterocycles. The molecule has 1 aromatic carbocycles. The maximum atomic E-state index is 13.6. The minimum absolute atomic E-state index is 0.0213. The zero-order chi connectivity index (χ0) is 16.2. The molecule has 1 rings (SSSR count). The molecule has 0 aromatic heterocycles. The van der Waals surface area contributed by atoms with Gasteiger partial charge >= 0.3 is 0 Å². The molecular weight excluding hydrogens is 289 g/mol. The van der Waals surface area contributed by atoms with Gasteiger partial charge in [0.2, 0.25) is 0 Å². The highest BCUT2D eigenvalue weighted by Crippen LogP contribution is 2.20. The van der Waals surface area contributed by atoms with Gasteiger partial charge in [-0.25, -0.2) is 4.39 Å². The molecule has 1 aromatic rings. The molecule has 0 atom stereocenters. The van der Waals surface area contributed by atoms with E-state index in [0.29, 0.717) is 38.5 Å². The van der Waals surface area contributed by atoms with E-state index in [9.17, 15) is 9.18 Å². The van der Waals surface area contributed by atoms with Crippen LogP contribution in [0.1, 0.15) is 19.8 Å². The zero-order valence-corrected chi connectivity index (χ0v) is 13.2. The van der Waals surface area contributed by atoms with Crippen LogP contribution >= 0.6 is 0 Å². The summed E-state index contributed by atoms with van der Waals surface area (Å²) < 4.78 is 29.5. The first-order valence-electron chi connectivity index (χ1n) is 7.38. The Morgan fingerprint density at radius 2 is 1.82 bits per heavy atom. The Hall–Kier alpha value is -1.66. The minimum Gasteiger partial charge on any atom is -0.490 e. The van der Waals surface area contributed by atoms with Crippen LogP contribution in [0, 0.1) is 5.82 Å². The first kappa shape index (κ1) is 18.4. The minimum atomic E-state index is -0.379. The fraction of sp³-hybridized carbons (Fsp3) is 0.562. The van der Waals surface area contributed by atoms with Crippen LogP contribution in [0.4, 0.5) is 10.1 Å². The number of nitrogens with one attached hydrogen (secondary N) is 1. The fourth-order valence-electron chi connectivity index (χ4n) is 1.70. The second-order valence-electron chi connectivity index (χ2n) is 4.82. The maximum Gasteiger partial charge on any atom is 0.167 e. The SMILES string of the molecule is CNc1ccc(OCCCOCCCOCC(C)=O)c(F)c1. The second-order valence-corrected chi connectivity index (χ2v) is 4.82. The van der Waals surface area contributed by atoms with Crippen LogP contribution in [0.15, 0.2) is 18.2 Å². The van der Waals surface area contributed by atoms with Crippen molar-refractivity contribution in [1.29, 1.82) is 0 Å². The summed E-state index contributed by atoms with van der Waals surface area (Å²) in [5.74, 6) is -0.111. The van der Waals surface area contributed by atoms with Gasteiger partial charge in [0.25, 0.3) is 0 Å². The van der Waals surface area contributed by atoms with Crippen LogP contribution in [-0.2, 0) is 14.3 Å². The number of Topliss-reactive ketones (excluding diaryl/α,β-unsaturated/α-hetero) is 1. The van der Waals surface area contributed by atoms with E-state index in [4.69, 9.17) is 14.2 Å². The van der Waals surface area contributed by atoms with Crippen molar-refractivity contribution >= 4 is 11.5 Å². The number of carbonyl (C=O) groups is 1. The summed E-state index contributed by atoms with van der Waals surface area (Å²) in [7, 11) is 1.73. The van der Waals surface area contributed by atoms with Crippen LogP contribution in [-0.4, -0.2) is 45.9 Å². The third kappa shape index (κ3) is 7.95. The second kappa shape index (κ2) is 11.0. The monoisotopic (exact) mass is 313 g/mol. The highest BCUT2D eigenvalue weighted by atomic mass is 19.1. The molecule has 0 aliphatic heterocycles. The molecule has 6 heteroatoms. The van der Waals surface area contributed by atoms with Gasteiger partial charge < -0.3 is 19.5 Å². The van der Waals surface area contributed by atoms with Crippen LogP contribution < -0.4 is 10.1 Å². The molecule has 124 valence electrons. The summed E-state index contributed by atoms with van der Waals surface area (Å²) in [5.41, 5.74) is 0.708. The molecule has 0 saturated carbocycles. The van der Waals surface area contributed by atoms with E-state index in [0.717, 1.165) is 6.42 Å². The lowest BCUT2D eigenvalue weighted by atomic mass is 10.3. The Labute approximate surface area is 130 Å². The number of anilines is 1. The highest BCUT2D eigenvalue weighted by Gasteiger charge is 2.03. The average Bonchev–Trinajstić information content (AvgIpc) is 2.50. The molecule has 0 fully saturated rings. The number of ether oxygens (including phenoxy) is 3. The summed E-state index contributed by atoms with van der Waals surface area (Å²) >= 11 is 0. The summed E-state index contributed by atoms with van der Waals surface area (Å²) in [6, 6.07) is 4.76. The molecule has 0 radical (unpaired) electrons. The molecule has 0 spiro atoms. The van der Waals surface area contributed by atoms with Crippen molar-refractivity contribution in [1.82, 2.24) is 0 Å². The summed E-state index contributed by atoms with van der Waals surface area (Å²) in [6.45, 7) is 3.68. The Morgan fingerprint density at radius 3 is 2.45 bits per heavy atom. The summed E-state index contributed by atoms with van der Waals surface area (Å²) in [6.07, 6.45) is 1.43. The highest BCUT2D eigenvalue weighted by molar-refractivity contribution is 5.76. The van der Waals surface area contributed by atoms with E-state index in [1.807, 2.05) is 0 Å². The number of carbonyl (C=O) groups excluding carboxylic acids is 1. The third-order valence-corrected chi connectivity index (χ3v) is 2.79. The molecule has 0 aliphatic rings. The van der Waals surface area contributed by atoms with Crippen molar-refractivity contribution in [2.24, 2.45) is 0 Å². The normalized spacial score (nSPS) is 10.5. The van der Waals surface area contributed by atoms with Crippen molar-refractivity contribution in [2.75, 3.05) is 45.4 Å². The first-order chi connectivity index (χ1) is 10.6. The van der Waals surface area contributed by atoms with Gasteiger partial charge in [0.05, 0.1) is 6.61 Å². The average molecular weight is 313 g/mol. The van der Waals surface area contributed by atoms with Crippen LogP contribution in [0.5, 0.6) is 5.75 Å². The Morgan fingerprint density at radius 1 is 1.14 bits per heavy atom. The van der Waals surface area contributed by atoms with Crippen LogP contribution in [0.25, 0.3) is 0 Å². The largest absolute Gasteiger partial charge is 0.490 e. The topological polar surface area (TPSA) is 56.8 Å². The van der Waals surface area contributed by atoms with Gasteiger partial charge in [0.1, 0.15) is 6.61 Å². The lowest BCUT2D eigenvalue weighted by molar-refractivity contribution is -0.121. The molecule has 1 N–H and O–H groups in total. The number of halogens is 1. The predicted octanol–water partition coefficient (Wildman–Crippen LogP) is 2.65. The van der Waals surface area contributed by atoms with Crippen molar-refractivity contribution in [3.63, 3.8) is 0 Å². The van der Waals surface area contributed by atoms with E-state index in [1.165, 1.54) is 13.0 Å². The Balaban J connectivity index is 2.00. The molecule has 0 saturated heterocycles. The van der Waals surface area contributed by atoms with Gasteiger partial charge in [-0.3, -0.25) is 4.79 Å². The zero-order valence-electron chi connectivity index (χ0n) is 13.2. The van der Waals surface area contributed by atoms with Gasteiger partial charge in [0, 0.05) is 45.0 Å². The lowest BCUT2D eigenvalue weighted by Crippen LogP contribution is -2.08. The van der Waals surface area contributed by atoms with Crippen molar-refractivity contribution < 1.29 is 23.4 Å². The predicted molar refractivity (Wildman–Crippen MR) is 83.0 cm³/mol. The summed E-state index contributed by atoms with van der Waals surface area (Å²) in [5, 5.41) is 2.86. The number of hydrogen-bond donors (Lipinski definition) is 1. The van der Waals surface area contributed by atoms with Gasteiger partial charge in [-0.1, -0.05) is 0 Å². The molecule has 0 unspecified atom stereocenters. The smallest absolute Gasteiger partial charge is 0.167 e. The van der Waals surface area contributed by atoms with Gasteiger partial charge in [-0.05, 0) is 25.5 Å². The fourth-order valence-corrected chi connectivity index (χ4v) is 1.70. The first-order valence-corrected chi connectivity index (χ1v) is 7.38. The van der Waals surface area contributed by atoms with E-state index < -0.39 is 0 Å². The Kier molecular flexibility index (Phi) is 9.18. The van der Waals surface area contributed by atoms with Crippen molar-refractivity contribution in [3.8, 4) is 5.75 Å². The molecule has 22 heavy (non-hydrogen) atoms. The number of ketones is 1. The van der Waals surface area contributed by atoms with E-state index in [1.54, 1.807) is 19.2 Å². The van der Waals surface area contributed by atoms with Gasteiger partial charge in [-0.2, -0.15) is 0 Å². The standard InChI is InChI=1S/C16H24FNO4/c1-13(19)12-21-9-3-7-20-8-4-10-22-16-6-5-14(18-2)11-15(16)17/h5-6,11,18H,3-4,7-10,12H2,1-2H3. The van der Waals surface area contributed by atoms with Crippen LogP contribution in [0.3, 0.4) is 0 Å². The van der Waals surface area contributed by atoms with Gasteiger partial charge in [0.15, 0.2) is 17.3 Å². The summed E-state index contributed by atoms with van der Waals surface area (Å²) in [4.78, 5) is 10.6. The Bertz CT molecular complexity index is 454.